The van der Waals surface area contributed by atoms with E-state index in [9.17, 15) is 0 Å². The van der Waals surface area contributed by atoms with Crippen molar-refractivity contribution in [3.63, 3.8) is 0 Å². The van der Waals surface area contributed by atoms with Crippen molar-refractivity contribution in [1.29, 1.82) is 0 Å². The van der Waals surface area contributed by atoms with Crippen molar-refractivity contribution in [3.8, 4) is 0 Å². The Balaban J connectivity index is 3.67. The molecule has 0 spiro atoms. The number of nitrogens with two attached hydrogens (primary N) is 1. The zero-order valence-electron chi connectivity index (χ0n) is 23.7. The molecule has 0 aromatic carbocycles. The van der Waals surface area contributed by atoms with Gasteiger partial charge in [0.1, 0.15) is 0 Å². The molecule has 0 aromatic heterocycles. The molecular weight excluding hydrogens is 398 g/mol. The minimum atomic E-state index is 0.874. The summed E-state index contributed by atoms with van der Waals surface area (Å²) in [7, 11) is 0. The Morgan fingerprint density at radius 2 is 0.576 bits per heavy atom. The van der Waals surface area contributed by atoms with Gasteiger partial charge in [-0.1, -0.05) is 187 Å². The molecule has 0 aliphatic heterocycles. The van der Waals surface area contributed by atoms with E-state index < -0.39 is 0 Å². The molecule has 0 aliphatic carbocycles. The van der Waals surface area contributed by atoms with E-state index in [2.05, 4.69) is 13.8 Å². The van der Waals surface area contributed by atoms with Gasteiger partial charge >= 0.3 is 0 Å². The molecule has 0 unspecified atom stereocenters. The topological polar surface area (TPSA) is 26.0 Å². The van der Waals surface area contributed by atoms with Crippen LogP contribution < -0.4 is 5.73 Å². The maximum Gasteiger partial charge on any atom is -0.00773 e. The summed E-state index contributed by atoms with van der Waals surface area (Å²) in [5.41, 5.74) is 5.56. The average Bonchev–Trinajstić information content (AvgIpc) is 2.83. The summed E-state index contributed by atoms with van der Waals surface area (Å²) in [6.07, 6.45) is 40.7. The summed E-state index contributed by atoms with van der Waals surface area (Å²) in [5.74, 6) is 1.03. The van der Waals surface area contributed by atoms with Crippen molar-refractivity contribution in [3.05, 3.63) is 0 Å². The third-order valence-corrected chi connectivity index (χ3v) is 7.75. The Morgan fingerprint density at radius 1 is 0.333 bits per heavy atom. The van der Waals surface area contributed by atoms with E-state index in [1.807, 2.05) is 0 Å². The van der Waals surface area contributed by atoms with Crippen LogP contribution in [0.15, 0.2) is 0 Å². The van der Waals surface area contributed by atoms with Gasteiger partial charge in [0.15, 0.2) is 0 Å². The van der Waals surface area contributed by atoms with Crippen molar-refractivity contribution in [2.45, 2.75) is 194 Å². The Morgan fingerprint density at radius 3 is 0.848 bits per heavy atom. The van der Waals surface area contributed by atoms with Gasteiger partial charge in [-0.3, -0.25) is 0 Å². The van der Waals surface area contributed by atoms with Crippen LogP contribution in [0.25, 0.3) is 0 Å². The highest BCUT2D eigenvalue weighted by atomic mass is 14.5. The van der Waals surface area contributed by atoms with Crippen LogP contribution in [0.4, 0.5) is 0 Å². The van der Waals surface area contributed by atoms with Gasteiger partial charge in [0.05, 0.1) is 0 Å². The number of rotatable bonds is 29. The predicted molar refractivity (Wildman–Crippen MR) is 153 cm³/mol. The Kier molecular flexibility index (Phi) is 30.0. The molecule has 33 heavy (non-hydrogen) atoms. The molecule has 0 aliphatic rings. The monoisotopic (exact) mass is 466 g/mol. The Labute approximate surface area is 211 Å². The standard InChI is InChI=1S/C32H67N/c1-3-5-7-9-20-24-28-32(29-25-21-10-8-6-4-2)30-26-22-18-16-14-12-11-13-15-17-19-23-27-31-33/h32H,3-31,33H2,1-2H3. The zero-order chi connectivity index (χ0) is 24.1. The second-order valence-electron chi connectivity index (χ2n) is 11.2. The van der Waals surface area contributed by atoms with Gasteiger partial charge in [0.2, 0.25) is 0 Å². The third kappa shape index (κ3) is 28.1. The summed E-state index contributed by atoms with van der Waals surface area (Å²) in [6.45, 7) is 5.52. The normalized spacial score (nSPS) is 11.6. The largest absolute Gasteiger partial charge is 0.330 e. The van der Waals surface area contributed by atoms with E-state index in [4.69, 9.17) is 5.73 Å². The van der Waals surface area contributed by atoms with Crippen molar-refractivity contribution >= 4 is 0 Å². The van der Waals surface area contributed by atoms with Crippen LogP contribution in [0, 0.1) is 5.92 Å². The first kappa shape index (κ1) is 33.0. The van der Waals surface area contributed by atoms with Gasteiger partial charge in [-0.05, 0) is 18.9 Å². The molecule has 2 N–H and O–H groups in total. The third-order valence-electron chi connectivity index (χ3n) is 7.75. The lowest BCUT2D eigenvalue weighted by atomic mass is 9.89. The molecule has 0 aromatic rings. The van der Waals surface area contributed by atoms with Crippen LogP contribution >= 0.6 is 0 Å². The molecule has 0 saturated carbocycles. The van der Waals surface area contributed by atoms with Crippen molar-refractivity contribution in [2.75, 3.05) is 6.54 Å². The first-order chi connectivity index (χ1) is 16.3. The second kappa shape index (κ2) is 30.0. The second-order valence-corrected chi connectivity index (χ2v) is 11.2. The van der Waals surface area contributed by atoms with Crippen LogP contribution in [0.5, 0.6) is 0 Å². The molecule has 0 radical (unpaired) electrons. The summed E-state index contributed by atoms with van der Waals surface area (Å²) < 4.78 is 0. The highest BCUT2D eigenvalue weighted by Crippen LogP contribution is 2.25. The molecular formula is C32H67N. The van der Waals surface area contributed by atoms with Crippen LogP contribution in [0.1, 0.15) is 194 Å². The van der Waals surface area contributed by atoms with E-state index in [-0.39, 0.29) is 0 Å². The van der Waals surface area contributed by atoms with E-state index in [1.54, 1.807) is 0 Å². The maximum absolute atomic E-state index is 5.56. The molecule has 0 saturated heterocycles. The number of hydrogen-bond donors (Lipinski definition) is 1. The molecule has 0 atom stereocenters. The summed E-state index contributed by atoms with van der Waals surface area (Å²) in [6, 6.07) is 0. The van der Waals surface area contributed by atoms with Crippen LogP contribution in [-0.2, 0) is 0 Å². The highest BCUT2D eigenvalue weighted by molar-refractivity contribution is 4.62. The Hall–Kier alpha value is -0.0400. The van der Waals surface area contributed by atoms with Gasteiger partial charge in [0.25, 0.3) is 0 Å². The lowest BCUT2D eigenvalue weighted by Crippen LogP contribution is -2.01. The van der Waals surface area contributed by atoms with E-state index in [0.29, 0.717) is 0 Å². The lowest BCUT2D eigenvalue weighted by Gasteiger charge is -2.17. The molecule has 0 heterocycles. The molecule has 1 heteroatoms. The average molecular weight is 466 g/mol. The summed E-state index contributed by atoms with van der Waals surface area (Å²) >= 11 is 0. The predicted octanol–water partition coefficient (Wildman–Crippen LogP) is 11.5. The summed E-state index contributed by atoms with van der Waals surface area (Å²) in [4.78, 5) is 0. The molecule has 200 valence electrons. The lowest BCUT2D eigenvalue weighted by molar-refractivity contribution is 0.365. The van der Waals surface area contributed by atoms with Gasteiger partial charge in [-0.2, -0.15) is 0 Å². The zero-order valence-corrected chi connectivity index (χ0v) is 23.7. The van der Waals surface area contributed by atoms with Gasteiger partial charge in [0, 0.05) is 0 Å². The number of hydrogen-bond acceptors (Lipinski definition) is 1. The fourth-order valence-electron chi connectivity index (χ4n) is 5.38. The Bertz CT molecular complexity index is 310. The molecule has 0 rings (SSSR count). The smallest absolute Gasteiger partial charge is 0.00773 e. The fraction of sp³-hybridized carbons (Fsp3) is 1.00. The number of unbranched alkanes of at least 4 members (excludes halogenated alkanes) is 22. The molecule has 1 nitrogen and oxygen atoms in total. The van der Waals surface area contributed by atoms with Crippen molar-refractivity contribution in [2.24, 2.45) is 11.7 Å². The molecule has 0 bridgehead atoms. The van der Waals surface area contributed by atoms with Crippen molar-refractivity contribution in [1.82, 2.24) is 0 Å². The van der Waals surface area contributed by atoms with E-state index >= 15 is 0 Å². The molecule has 0 amide bonds. The van der Waals surface area contributed by atoms with Gasteiger partial charge < -0.3 is 5.73 Å². The van der Waals surface area contributed by atoms with Gasteiger partial charge in [-0.25, -0.2) is 0 Å². The minimum absolute atomic E-state index is 0.874. The fourth-order valence-corrected chi connectivity index (χ4v) is 5.38. The SMILES string of the molecule is CCCCCCCCC(CCCCCCCC)CCCCCCCCCCCCCCCN. The van der Waals surface area contributed by atoms with Crippen LogP contribution in [0.3, 0.4) is 0 Å². The minimum Gasteiger partial charge on any atom is -0.330 e. The van der Waals surface area contributed by atoms with E-state index in [1.165, 1.54) is 180 Å². The highest BCUT2D eigenvalue weighted by Gasteiger charge is 2.08. The van der Waals surface area contributed by atoms with Crippen molar-refractivity contribution < 1.29 is 0 Å². The first-order valence-corrected chi connectivity index (χ1v) is 16.0. The van der Waals surface area contributed by atoms with Gasteiger partial charge in [-0.15, -0.1) is 0 Å². The maximum atomic E-state index is 5.56. The molecule has 0 fully saturated rings. The van der Waals surface area contributed by atoms with Crippen LogP contribution in [-0.4, -0.2) is 6.54 Å². The first-order valence-electron chi connectivity index (χ1n) is 16.0. The summed E-state index contributed by atoms with van der Waals surface area (Å²) in [5, 5.41) is 0. The van der Waals surface area contributed by atoms with E-state index in [0.717, 1.165) is 12.5 Å². The van der Waals surface area contributed by atoms with Crippen LogP contribution in [0.2, 0.25) is 0 Å². The quantitative estimate of drug-likeness (QED) is 0.109.